The number of alkyl halides is 3. The van der Waals surface area contributed by atoms with Gasteiger partial charge in [-0.25, -0.2) is 17.1 Å². The first-order valence-corrected chi connectivity index (χ1v) is 11.7. The Morgan fingerprint density at radius 1 is 1.17 bits per heavy atom. The zero-order valence-corrected chi connectivity index (χ0v) is 17.1. The van der Waals surface area contributed by atoms with Crippen LogP contribution in [0.15, 0.2) is 12.1 Å². The Kier molecular flexibility index (Phi) is 5.37. The molecule has 0 radical (unpaired) electrons. The number of benzene rings is 1. The van der Waals surface area contributed by atoms with Crippen LogP contribution in [0.2, 0.25) is 0 Å². The molecule has 0 atom stereocenters. The summed E-state index contributed by atoms with van der Waals surface area (Å²) < 4.78 is 85.8. The van der Waals surface area contributed by atoms with Gasteiger partial charge in [0, 0.05) is 19.2 Å². The van der Waals surface area contributed by atoms with Crippen LogP contribution in [0.4, 0.5) is 17.6 Å². The highest BCUT2D eigenvalue weighted by atomic mass is 32.2. The van der Waals surface area contributed by atoms with Gasteiger partial charge in [0.05, 0.1) is 11.0 Å². The summed E-state index contributed by atoms with van der Waals surface area (Å²) in [5, 5.41) is 0. The molecule has 30 heavy (non-hydrogen) atoms. The summed E-state index contributed by atoms with van der Waals surface area (Å²) in [5.74, 6) is -2.69. The van der Waals surface area contributed by atoms with E-state index in [1.54, 1.807) is 0 Å². The van der Waals surface area contributed by atoms with Gasteiger partial charge in [0.2, 0.25) is 10.0 Å². The second-order valence-corrected chi connectivity index (χ2v) is 10.5. The van der Waals surface area contributed by atoms with E-state index in [-0.39, 0.29) is 30.1 Å². The van der Waals surface area contributed by atoms with Gasteiger partial charge < -0.3 is 4.74 Å². The lowest BCUT2D eigenvalue weighted by atomic mass is 9.69. The van der Waals surface area contributed by atoms with E-state index < -0.39 is 45.6 Å². The number of halogens is 4. The van der Waals surface area contributed by atoms with Gasteiger partial charge >= 0.3 is 6.18 Å². The predicted molar refractivity (Wildman–Crippen MR) is 101 cm³/mol. The molecule has 166 valence electrons. The van der Waals surface area contributed by atoms with E-state index in [0.717, 1.165) is 25.3 Å². The molecule has 1 aliphatic heterocycles. The van der Waals surface area contributed by atoms with E-state index in [2.05, 4.69) is 0 Å². The van der Waals surface area contributed by atoms with Crippen LogP contribution >= 0.6 is 0 Å². The van der Waals surface area contributed by atoms with E-state index in [4.69, 9.17) is 4.74 Å². The summed E-state index contributed by atoms with van der Waals surface area (Å²) in [6, 6.07) is 2.19. The van der Waals surface area contributed by atoms with Crippen molar-refractivity contribution < 1.29 is 35.5 Å². The van der Waals surface area contributed by atoms with Crippen molar-refractivity contribution in [3.05, 3.63) is 29.1 Å². The zero-order valence-electron chi connectivity index (χ0n) is 16.3. The third-order valence-electron chi connectivity index (χ3n) is 6.35. The molecule has 0 bridgehead atoms. The van der Waals surface area contributed by atoms with Crippen LogP contribution in [0.3, 0.4) is 0 Å². The van der Waals surface area contributed by atoms with Crippen molar-refractivity contribution in [2.24, 2.45) is 5.41 Å². The minimum atomic E-state index is -4.40. The number of rotatable bonds is 8. The Morgan fingerprint density at radius 2 is 1.83 bits per heavy atom. The first kappa shape index (κ1) is 21.5. The largest absolute Gasteiger partial charge is 0.492 e. The van der Waals surface area contributed by atoms with Gasteiger partial charge in [0.25, 0.3) is 0 Å². The van der Waals surface area contributed by atoms with E-state index in [1.807, 2.05) is 0 Å². The molecule has 0 N–H and O–H groups in total. The average molecular weight is 449 g/mol. The van der Waals surface area contributed by atoms with Crippen molar-refractivity contribution in [3.63, 3.8) is 0 Å². The van der Waals surface area contributed by atoms with Crippen molar-refractivity contribution in [1.82, 2.24) is 4.31 Å². The zero-order chi connectivity index (χ0) is 21.7. The highest BCUT2D eigenvalue weighted by Gasteiger charge is 2.59. The molecule has 2 saturated carbocycles. The Bertz CT molecular complexity index is 948. The number of nitrogens with zero attached hydrogens (tertiary/aromatic N) is 1. The molecule has 1 aromatic rings. The van der Waals surface area contributed by atoms with E-state index in [0.29, 0.717) is 25.1 Å². The second kappa shape index (κ2) is 7.47. The Balaban J connectivity index is 1.55. The standard InChI is InChI=1S/C20H23F4NO4S/c21-16-10-18(29-12-19(5-1-6-19)20(22,23)24)14(13-3-4-13)9-15(16)17(26)11-30(27,28)25-7-2-8-25/h9-10,13H,1-8,11-12H2. The molecule has 0 unspecified atom stereocenters. The number of carbonyl (C=O) groups is 1. The Labute approximate surface area is 172 Å². The van der Waals surface area contributed by atoms with Gasteiger partial charge in [0.1, 0.15) is 23.9 Å². The number of ether oxygens (including phenoxy) is 1. The van der Waals surface area contributed by atoms with Crippen LogP contribution in [-0.4, -0.2) is 50.1 Å². The summed E-state index contributed by atoms with van der Waals surface area (Å²) in [6.07, 6.45) is -1.75. The Morgan fingerprint density at radius 3 is 2.30 bits per heavy atom. The Hall–Kier alpha value is -1.68. The SMILES string of the molecule is O=C(CS(=O)(=O)N1CCC1)c1cc(C2CC2)c(OCC2(C(F)(F)F)CCC2)cc1F. The van der Waals surface area contributed by atoms with Crippen molar-refractivity contribution in [1.29, 1.82) is 0 Å². The van der Waals surface area contributed by atoms with Gasteiger partial charge in [-0.1, -0.05) is 6.42 Å². The predicted octanol–water partition coefficient (Wildman–Crippen LogP) is 4.03. The smallest absolute Gasteiger partial charge is 0.397 e. The fourth-order valence-electron chi connectivity index (χ4n) is 3.85. The third kappa shape index (κ3) is 3.95. The fourth-order valence-corrected chi connectivity index (χ4v) is 5.34. The number of sulfonamides is 1. The summed E-state index contributed by atoms with van der Waals surface area (Å²) in [7, 11) is -3.80. The second-order valence-electron chi connectivity index (χ2n) is 8.50. The van der Waals surface area contributed by atoms with Crippen molar-refractivity contribution in [2.45, 2.75) is 50.6 Å². The van der Waals surface area contributed by atoms with Gasteiger partial charge in [-0.3, -0.25) is 4.79 Å². The molecule has 1 heterocycles. The van der Waals surface area contributed by atoms with Gasteiger partial charge in [0.15, 0.2) is 5.78 Å². The molecular formula is C20H23F4NO4S. The summed E-state index contributed by atoms with van der Waals surface area (Å²) in [4.78, 5) is 12.5. The number of carbonyl (C=O) groups excluding carboxylic acids is 1. The van der Waals surface area contributed by atoms with Gasteiger partial charge in [-0.15, -0.1) is 0 Å². The summed E-state index contributed by atoms with van der Waals surface area (Å²) in [5.41, 5.74) is -1.80. The molecule has 0 amide bonds. The monoisotopic (exact) mass is 449 g/mol. The van der Waals surface area contributed by atoms with E-state index >= 15 is 0 Å². The molecule has 0 spiro atoms. The minimum absolute atomic E-state index is 0.00711. The van der Waals surface area contributed by atoms with Crippen LogP contribution in [0, 0.1) is 11.2 Å². The quantitative estimate of drug-likeness (QED) is 0.444. The number of ketones is 1. The molecule has 4 rings (SSSR count). The maximum Gasteiger partial charge on any atom is 0.397 e. The highest BCUT2D eigenvalue weighted by molar-refractivity contribution is 7.89. The molecule has 5 nitrogen and oxygen atoms in total. The average Bonchev–Trinajstić information content (AvgIpc) is 3.34. The summed E-state index contributed by atoms with van der Waals surface area (Å²) in [6.45, 7) is 0.102. The molecule has 0 aromatic heterocycles. The minimum Gasteiger partial charge on any atom is -0.492 e. The lowest BCUT2D eigenvalue weighted by molar-refractivity contribution is -0.259. The van der Waals surface area contributed by atoms with E-state index in [9.17, 15) is 30.8 Å². The summed E-state index contributed by atoms with van der Waals surface area (Å²) >= 11 is 0. The molecule has 1 saturated heterocycles. The van der Waals surface area contributed by atoms with Crippen LogP contribution in [0.1, 0.15) is 60.4 Å². The molecule has 2 aliphatic carbocycles. The maximum atomic E-state index is 14.7. The topological polar surface area (TPSA) is 63.7 Å². The first-order chi connectivity index (χ1) is 14.0. The van der Waals surface area contributed by atoms with Crippen molar-refractivity contribution in [2.75, 3.05) is 25.4 Å². The van der Waals surface area contributed by atoms with Gasteiger partial charge in [-0.05, 0) is 49.7 Å². The van der Waals surface area contributed by atoms with Crippen LogP contribution in [0.25, 0.3) is 0 Å². The molecule has 1 aromatic carbocycles. The molecule has 10 heteroatoms. The van der Waals surface area contributed by atoms with Crippen LogP contribution in [-0.2, 0) is 10.0 Å². The maximum absolute atomic E-state index is 14.7. The van der Waals surface area contributed by atoms with Gasteiger partial charge in [-0.2, -0.15) is 13.2 Å². The van der Waals surface area contributed by atoms with Crippen LogP contribution in [0.5, 0.6) is 5.75 Å². The van der Waals surface area contributed by atoms with E-state index in [1.165, 1.54) is 10.4 Å². The normalized spacial score (nSPS) is 21.6. The lowest BCUT2D eigenvalue weighted by Gasteiger charge is -2.42. The molecule has 3 fully saturated rings. The molecule has 3 aliphatic rings. The number of hydrogen-bond donors (Lipinski definition) is 0. The molecular weight excluding hydrogens is 426 g/mol. The van der Waals surface area contributed by atoms with Crippen molar-refractivity contribution >= 4 is 15.8 Å². The van der Waals surface area contributed by atoms with Crippen molar-refractivity contribution in [3.8, 4) is 5.75 Å². The lowest BCUT2D eigenvalue weighted by Crippen LogP contribution is -2.48. The number of hydrogen-bond acceptors (Lipinski definition) is 4. The third-order valence-corrected chi connectivity index (χ3v) is 8.13. The van der Waals surface area contributed by atoms with Crippen LogP contribution < -0.4 is 4.74 Å². The highest BCUT2D eigenvalue weighted by Crippen LogP contribution is 2.53. The first-order valence-electron chi connectivity index (χ1n) is 10.1. The number of Topliss-reactive ketones (excluding diaryl/α,β-unsaturated/α-hetero) is 1. The fraction of sp³-hybridized carbons (Fsp3) is 0.650.